The fraction of sp³-hybridized carbons (Fsp3) is 0.278. The Balaban J connectivity index is 1.75. The summed E-state index contributed by atoms with van der Waals surface area (Å²) in [4.78, 5) is 25.5. The summed E-state index contributed by atoms with van der Waals surface area (Å²) in [6.45, 7) is 3.65. The van der Waals surface area contributed by atoms with E-state index in [4.69, 9.17) is 0 Å². The largest absolute Gasteiger partial charge is 0.371 e. The zero-order chi connectivity index (χ0) is 16.5. The van der Waals surface area contributed by atoms with Crippen molar-refractivity contribution in [2.24, 2.45) is 0 Å². The lowest BCUT2D eigenvalue weighted by Gasteiger charge is -2.20. The molecule has 6 nitrogen and oxygen atoms in total. The average Bonchev–Trinajstić information content (AvgIpc) is 3.23. The lowest BCUT2D eigenvalue weighted by molar-refractivity contribution is -0.114. The smallest absolute Gasteiger partial charge is 0.231 e. The number of hydrogen-bond acceptors (Lipinski definition) is 4. The van der Waals surface area contributed by atoms with Crippen molar-refractivity contribution < 1.29 is 4.79 Å². The number of para-hydroxylation sites is 1. The number of carbonyl (C=O) groups excluding carboxylic acids is 1. The monoisotopic (exact) mass is 321 g/mol. The van der Waals surface area contributed by atoms with E-state index in [1.54, 1.807) is 6.20 Å². The van der Waals surface area contributed by atoms with Crippen LogP contribution >= 0.6 is 0 Å². The summed E-state index contributed by atoms with van der Waals surface area (Å²) in [5, 5.41) is 3.54. The number of anilines is 2. The molecule has 0 radical (unpaired) electrons. The molecule has 1 saturated heterocycles. The summed E-state index contributed by atoms with van der Waals surface area (Å²) in [7, 11) is 0. The molecule has 0 aliphatic carbocycles. The molecule has 0 bridgehead atoms. The first-order chi connectivity index (χ1) is 11.7. The highest BCUT2D eigenvalue weighted by atomic mass is 16.1. The van der Waals surface area contributed by atoms with Crippen molar-refractivity contribution >= 4 is 28.6 Å². The van der Waals surface area contributed by atoms with E-state index in [1.807, 2.05) is 0 Å². The molecule has 6 heteroatoms. The molecule has 1 aromatic carbocycles. The summed E-state index contributed by atoms with van der Waals surface area (Å²) < 4.78 is 0. The van der Waals surface area contributed by atoms with Gasteiger partial charge in [-0.25, -0.2) is 4.98 Å². The van der Waals surface area contributed by atoms with Crippen LogP contribution in [-0.2, 0) is 4.79 Å². The van der Waals surface area contributed by atoms with Crippen LogP contribution in [0.25, 0.3) is 22.3 Å². The first kappa shape index (κ1) is 14.7. The molecule has 1 aliphatic rings. The van der Waals surface area contributed by atoms with Crippen LogP contribution in [0.5, 0.6) is 0 Å². The molecule has 3 heterocycles. The van der Waals surface area contributed by atoms with Crippen molar-refractivity contribution in [1.29, 1.82) is 0 Å². The Morgan fingerprint density at radius 3 is 2.83 bits per heavy atom. The van der Waals surface area contributed by atoms with E-state index in [1.165, 1.54) is 31.0 Å². The summed E-state index contributed by atoms with van der Waals surface area (Å²) >= 11 is 0. The molecule has 0 saturated carbocycles. The number of nitrogens with zero attached hydrogens (tertiary/aromatic N) is 3. The summed E-state index contributed by atoms with van der Waals surface area (Å²) in [5.41, 5.74) is 4.15. The van der Waals surface area contributed by atoms with Crippen molar-refractivity contribution in [3.63, 3.8) is 0 Å². The maximum atomic E-state index is 11.2. The zero-order valence-corrected chi connectivity index (χ0v) is 13.5. The number of H-pyrrole nitrogens is 1. The molecule has 2 aromatic heterocycles. The highest BCUT2D eigenvalue weighted by Gasteiger charge is 2.17. The molecule has 1 fully saturated rings. The molecule has 0 spiro atoms. The third kappa shape index (κ3) is 2.71. The predicted molar refractivity (Wildman–Crippen MR) is 95.1 cm³/mol. The standard InChI is InChI=1S/C18H19N5O/c1-12(24)20-18-19-11-13-10-15(21-17(13)22-18)14-6-2-3-7-16(14)23-8-4-5-9-23/h2-3,6-7,10-11H,4-5,8-9H2,1H3,(H2,19,20,21,22,24). The van der Waals surface area contributed by atoms with Gasteiger partial charge in [-0.15, -0.1) is 0 Å². The van der Waals surface area contributed by atoms with Crippen LogP contribution in [0.15, 0.2) is 36.5 Å². The van der Waals surface area contributed by atoms with E-state index in [0.29, 0.717) is 5.95 Å². The number of hydrogen-bond donors (Lipinski definition) is 2. The number of aromatic amines is 1. The van der Waals surface area contributed by atoms with Gasteiger partial charge < -0.3 is 9.88 Å². The highest BCUT2D eigenvalue weighted by molar-refractivity contribution is 5.90. The maximum absolute atomic E-state index is 11.2. The fourth-order valence-corrected chi connectivity index (χ4v) is 3.21. The summed E-state index contributed by atoms with van der Waals surface area (Å²) in [6.07, 6.45) is 4.21. The van der Waals surface area contributed by atoms with Crippen molar-refractivity contribution in [1.82, 2.24) is 15.0 Å². The zero-order valence-electron chi connectivity index (χ0n) is 13.5. The van der Waals surface area contributed by atoms with E-state index in [0.717, 1.165) is 29.8 Å². The first-order valence-corrected chi connectivity index (χ1v) is 8.18. The molecule has 3 aromatic rings. The van der Waals surface area contributed by atoms with E-state index < -0.39 is 0 Å². The summed E-state index contributed by atoms with van der Waals surface area (Å²) in [6, 6.07) is 10.5. The Labute approximate surface area is 139 Å². The SMILES string of the molecule is CC(=O)Nc1ncc2cc(-c3ccccc3N3CCCC3)[nH]c2n1. The Bertz CT molecular complexity index is 895. The second-order valence-corrected chi connectivity index (χ2v) is 6.07. The number of carbonyl (C=O) groups is 1. The van der Waals surface area contributed by atoms with Crippen LogP contribution in [-0.4, -0.2) is 33.9 Å². The lowest BCUT2D eigenvalue weighted by Crippen LogP contribution is -2.18. The Morgan fingerprint density at radius 2 is 2.04 bits per heavy atom. The Hall–Kier alpha value is -2.89. The molecule has 1 aliphatic heterocycles. The van der Waals surface area contributed by atoms with E-state index in [9.17, 15) is 4.79 Å². The van der Waals surface area contributed by atoms with Crippen LogP contribution in [0.4, 0.5) is 11.6 Å². The average molecular weight is 321 g/mol. The fourth-order valence-electron chi connectivity index (χ4n) is 3.21. The highest BCUT2D eigenvalue weighted by Crippen LogP contribution is 2.33. The first-order valence-electron chi connectivity index (χ1n) is 8.18. The molecular weight excluding hydrogens is 302 g/mol. The van der Waals surface area contributed by atoms with E-state index >= 15 is 0 Å². The van der Waals surface area contributed by atoms with Crippen LogP contribution in [0, 0.1) is 0 Å². The minimum Gasteiger partial charge on any atom is -0.371 e. The Kier molecular flexibility index (Phi) is 3.65. The number of rotatable bonds is 3. The van der Waals surface area contributed by atoms with Gasteiger partial charge in [0, 0.05) is 48.5 Å². The van der Waals surface area contributed by atoms with Gasteiger partial charge in [-0.3, -0.25) is 10.1 Å². The topological polar surface area (TPSA) is 73.9 Å². The van der Waals surface area contributed by atoms with Crippen LogP contribution in [0.3, 0.4) is 0 Å². The third-order valence-electron chi connectivity index (χ3n) is 4.30. The molecule has 2 N–H and O–H groups in total. The van der Waals surface area contributed by atoms with Gasteiger partial charge in [-0.1, -0.05) is 18.2 Å². The van der Waals surface area contributed by atoms with Gasteiger partial charge in [0.05, 0.1) is 0 Å². The number of benzene rings is 1. The molecule has 1 amide bonds. The predicted octanol–water partition coefficient (Wildman–Crippen LogP) is 3.18. The van der Waals surface area contributed by atoms with Crippen LogP contribution < -0.4 is 10.2 Å². The van der Waals surface area contributed by atoms with Crippen molar-refractivity contribution in [2.75, 3.05) is 23.3 Å². The number of fused-ring (bicyclic) bond motifs is 1. The van der Waals surface area contributed by atoms with Gasteiger partial charge in [-0.05, 0) is 25.0 Å². The molecule has 0 atom stereocenters. The van der Waals surface area contributed by atoms with Crippen molar-refractivity contribution in [2.45, 2.75) is 19.8 Å². The lowest BCUT2D eigenvalue weighted by atomic mass is 10.1. The molecular formula is C18H19N5O. The second kappa shape index (κ2) is 5.96. The van der Waals surface area contributed by atoms with E-state index in [-0.39, 0.29) is 5.91 Å². The van der Waals surface area contributed by atoms with Crippen LogP contribution in [0.1, 0.15) is 19.8 Å². The Morgan fingerprint density at radius 1 is 1.25 bits per heavy atom. The van der Waals surface area contributed by atoms with E-state index in [2.05, 4.69) is 55.5 Å². The number of aromatic nitrogens is 3. The van der Waals surface area contributed by atoms with Gasteiger partial charge in [0.1, 0.15) is 5.65 Å². The minimum atomic E-state index is -0.180. The minimum absolute atomic E-state index is 0.180. The van der Waals surface area contributed by atoms with Gasteiger partial charge in [0.2, 0.25) is 11.9 Å². The van der Waals surface area contributed by atoms with Gasteiger partial charge >= 0.3 is 0 Å². The normalized spacial score (nSPS) is 14.3. The second-order valence-electron chi connectivity index (χ2n) is 6.07. The maximum Gasteiger partial charge on any atom is 0.231 e. The third-order valence-corrected chi connectivity index (χ3v) is 4.30. The van der Waals surface area contributed by atoms with Gasteiger partial charge in [0.25, 0.3) is 0 Å². The molecule has 4 rings (SSSR count). The van der Waals surface area contributed by atoms with Gasteiger partial charge in [0.15, 0.2) is 0 Å². The van der Waals surface area contributed by atoms with Gasteiger partial charge in [-0.2, -0.15) is 4.98 Å². The van der Waals surface area contributed by atoms with Crippen LogP contribution in [0.2, 0.25) is 0 Å². The number of nitrogens with one attached hydrogen (secondary N) is 2. The van der Waals surface area contributed by atoms with Crippen molar-refractivity contribution in [3.05, 3.63) is 36.5 Å². The number of amides is 1. The summed E-state index contributed by atoms with van der Waals surface area (Å²) in [5.74, 6) is 0.136. The van der Waals surface area contributed by atoms with Crippen molar-refractivity contribution in [3.8, 4) is 11.3 Å². The quantitative estimate of drug-likeness (QED) is 0.777. The molecule has 24 heavy (non-hydrogen) atoms. The molecule has 122 valence electrons. The molecule has 0 unspecified atom stereocenters.